The number of hydrogen-bond acceptors (Lipinski definition) is 2. The Kier molecular flexibility index (Phi) is 2.74. The zero-order valence-electron chi connectivity index (χ0n) is 10.9. The molecule has 0 radical (unpaired) electrons. The largest absolute Gasteiger partial charge is 0.310 e. The molecule has 0 aromatic carbocycles. The molecule has 1 heterocycles. The predicted molar refractivity (Wildman–Crippen MR) is 69.0 cm³/mol. The molecule has 0 unspecified atom stereocenters. The lowest BCUT2D eigenvalue weighted by molar-refractivity contribution is 0.252. The molecule has 0 amide bonds. The Morgan fingerprint density at radius 1 is 1.41 bits per heavy atom. The summed E-state index contributed by atoms with van der Waals surface area (Å²) >= 11 is 0. The van der Waals surface area contributed by atoms with Gasteiger partial charge in [-0.2, -0.15) is 5.10 Å². The fourth-order valence-corrected chi connectivity index (χ4v) is 3.48. The quantitative estimate of drug-likeness (QED) is 0.823. The molecule has 0 spiro atoms. The van der Waals surface area contributed by atoms with E-state index in [0.717, 1.165) is 12.8 Å². The van der Waals surface area contributed by atoms with Gasteiger partial charge in [-0.25, -0.2) is 0 Å². The number of aryl methyl sites for hydroxylation is 1. The zero-order valence-corrected chi connectivity index (χ0v) is 10.9. The fraction of sp³-hybridized carbons (Fsp3) is 0.786. The summed E-state index contributed by atoms with van der Waals surface area (Å²) in [5, 5.41) is 11.2. The second-order valence-electron chi connectivity index (χ2n) is 6.41. The van der Waals surface area contributed by atoms with Crippen LogP contribution < -0.4 is 5.32 Å². The standard InChI is InChI=1S/C14H23N3/c1-14(2)7-3-4-13(14)16-11-5-6-12-10(8-11)9-15-17-12/h9,11,13,16H,3-8H2,1-2H3,(H,15,17)/t11-,13+/m1/s1. The lowest BCUT2D eigenvalue weighted by atomic mass is 9.85. The Hall–Kier alpha value is -0.830. The SMILES string of the molecule is CC1(C)CCC[C@@H]1N[C@@H]1CCc2[nH]ncc2C1. The van der Waals surface area contributed by atoms with Crippen LogP contribution in [0.1, 0.15) is 50.8 Å². The van der Waals surface area contributed by atoms with Gasteiger partial charge in [0.25, 0.3) is 0 Å². The van der Waals surface area contributed by atoms with Crippen molar-refractivity contribution in [2.75, 3.05) is 0 Å². The van der Waals surface area contributed by atoms with Gasteiger partial charge in [-0.1, -0.05) is 20.3 Å². The van der Waals surface area contributed by atoms with E-state index in [4.69, 9.17) is 0 Å². The van der Waals surface area contributed by atoms with Crippen molar-refractivity contribution in [1.82, 2.24) is 15.5 Å². The van der Waals surface area contributed by atoms with Gasteiger partial charge in [0.2, 0.25) is 0 Å². The first-order valence-corrected chi connectivity index (χ1v) is 6.92. The van der Waals surface area contributed by atoms with Crippen LogP contribution in [-0.4, -0.2) is 22.3 Å². The summed E-state index contributed by atoms with van der Waals surface area (Å²) in [6, 6.07) is 1.36. The van der Waals surface area contributed by atoms with Crippen LogP contribution in [0, 0.1) is 5.41 Å². The smallest absolute Gasteiger partial charge is 0.0522 e. The van der Waals surface area contributed by atoms with Gasteiger partial charge >= 0.3 is 0 Å². The molecule has 2 atom stereocenters. The maximum atomic E-state index is 4.15. The fourth-order valence-electron chi connectivity index (χ4n) is 3.48. The number of nitrogens with one attached hydrogen (secondary N) is 2. The second-order valence-corrected chi connectivity index (χ2v) is 6.41. The summed E-state index contributed by atoms with van der Waals surface area (Å²) in [6.45, 7) is 4.81. The van der Waals surface area contributed by atoms with Gasteiger partial charge in [-0.15, -0.1) is 0 Å². The molecular formula is C14H23N3. The monoisotopic (exact) mass is 233 g/mol. The number of H-pyrrole nitrogens is 1. The highest BCUT2D eigenvalue weighted by atomic mass is 15.1. The molecule has 2 aliphatic carbocycles. The third-order valence-corrected chi connectivity index (χ3v) is 4.71. The lowest BCUT2D eigenvalue weighted by Crippen LogP contribution is -2.46. The van der Waals surface area contributed by atoms with Crippen molar-refractivity contribution in [1.29, 1.82) is 0 Å². The topological polar surface area (TPSA) is 40.7 Å². The minimum absolute atomic E-state index is 0.483. The Balaban J connectivity index is 1.64. The highest BCUT2D eigenvalue weighted by Crippen LogP contribution is 2.38. The number of aromatic nitrogens is 2. The van der Waals surface area contributed by atoms with Crippen LogP contribution in [-0.2, 0) is 12.8 Å². The van der Waals surface area contributed by atoms with E-state index in [1.165, 1.54) is 36.9 Å². The Bertz CT molecular complexity index is 394. The maximum absolute atomic E-state index is 4.15. The molecule has 0 aliphatic heterocycles. The Morgan fingerprint density at radius 2 is 2.29 bits per heavy atom. The number of fused-ring (bicyclic) bond motifs is 1. The number of rotatable bonds is 2. The molecule has 1 aromatic rings. The average molecular weight is 233 g/mol. The maximum Gasteiger partial charge on any atom is 0.0522 e. The van der Waals surface area contributed by atoms with Gasteiger partial charge in [-0.3, -0.25) is 5.10 Å². The highest BCUT2D eigenvalue weighted by molar-refractivity contribution is 5.21. The summed E-state index contributed by atoms with van der Waals surface area (Å²) in [6.07, 6.45) is 9.66. The van der Waals surface area contributed by atoms with Gasteiger partial charge in [0.1, 0.15) is 0 Å². The van der Waals surface area contributed by atoms with Crippen LogP contribution >= 0.6 is 0 Å². The first kappa shape index (κ1) is 11.3. The Labute approximate surface area is 103 Å². The molecule has 1 fully saturated rings. The molecule has 3 heteroatoms. The molecule has 2 aliphatic rings. The predicted octanol–water partition coefficient (Wildman–Crippen LogP) is 2.44. The van der Waals surface area contributed by atoms with E-state index >= 15 is 0 Å². The first-order chi connectivity index (χ1) is 8.15. The van der Waals surface area contributed by atoms with Gasteiger partial charge in [0.15, 0.2) is 0 Å². The van der Waals surface area contributed by atoms with Crippen LogP contribution in [0.15, 0.2) is 6.20 Å². The summed E-state index contributed by atoms with van der Waals surface area (Å²) in [7, 11) is 0. The van der Waals surface area contributed by atoms with E-state index in [2.05, 4.69) is 29.4 Å². The summed E-state index contributed by atoms with van der Waals surface area (Å²) < 4.78 is 0. The van der Waals surface area contributed by atoms with Gasteiger partial charge in [0, 0.05) is 17.8 Å². The second kappa shape index (κ2) is 4.13. The molecule has 0 bridgehead atoms. The normalized spacial score (nSPS) is 31.4. The number of nitrogens with zero attached hydrogens (tertiary/aromatic N) is 1. The average Bonchev–Trinajstić information content (AvgIpc) is 2.85. The number of hydrogen-bond donors (Lipinski definition) is 2. The third kappa shape index (κ3) is 2.13. The molecule has 17 heavy (non-hydrogen) atoms. The van der Waals surface area contributed by atoms with E-state index in [9.17, 15) is 0 Å². The van der Waals surface area contributed by atoms with Crippen molar-refractivity contribution in [3.8, 4) is 0 Å². The van der Waals surface area contributed by atoms with E-state index < -0.39 is 0 Å². The Morgan fingerprint density at radius 3 is 3.06 bits per heavy atom. The van der Waals surface area contributed by atoms with Gasteiger partial charge < -0.3 is 5.32 Å². The summed E-state index contributed by atoms with van der Waals surface area (Å²) in [4.78, 5) is 0. The van der Waals surface area contributed by atoms with E-state index in [1.54, 1.807) is 0 Å². The van der Waals surface area contributed by atoms with Crippen molar-refractivity contribution in [2.24, 2.45) is 5.41 Å². The first-order valence-electron chi connectivity index (χ1n) is 6.92. The minimum atomic E-state index is 0.483. The van der Waals surface area contributed by atoms with E-state index in [0.29, 0.717) is 17.5 Å². The molecule has 1 saturated carbocycles. The third-order valence-electron chi connectivity index (χ3n) is 4.71. The van der Waals surface area contributed by atoms with Gasteiger partial charge in [-0.05, 0) is 43.1 Å². The molecule has 3 nitrogen and oxygen atoms in total. The molecule has 1 aromatic heterocycles. The van der Waals surface area contributed by atoms with Crippen LogP contribution in [0.2, 0.25) is 0 Å². The van der Waals surface area contributed by atoms with E-state index in [1.807, 2.05) is 6.20 Å². The van der Waals surface area contributed by atoms with Crippen LogP contribution in [0.25, 0.3) is 0 Å². The molecule has 2 N–H and O–H groups in total. The summed E-state index contributed by atoms with van der Waals surface area (Å²) in [5.41, 5.74) is 3.26. The van der Waals surface area contributed by atoms with Crippen LogP contribution in [0.4, 0.5) is 0 Å². The van der Waals surface area contributed by atoms with E-state index in [-0.39, 0.29) is 0 Å². The minimum Gasteiger partial charge on any atom is -0.310 e. The van der Waals surface area contributed by atoms with Crippen LogP contribution in [0.5, 0.6) is 0 Å². The molecule has 94 valence electrons. The van der Waals surface area contributed by atoms with Gasteiger partial charge in [0.05, 0.1) is 6.20 Å². The molecular weight excluding hydrogens is 210 g/mol. The number of aromatic amines is 1. The van der Waals surface area contributed by atoms with Crippen molar-refractivity contribution in [3.63, 3.8) is 0 Å². The lowest BCUT2D eigenvalue weighted by Gasteiger charge is -2.33. The van der Waals surface area contributed by atoms with Crippen molar-refractivity contribution in [2.45, 2.75) is 64.5 Å². The zero-order chi connectivity index (χ0) is 11.9. The van der Waals surface area contributed by atoms with Crippen molar-refractivity contribution >= 4 is 0 Å². The van der Waals surface area contributed by atoms with Crippen molar-refractivity contribution < 1.29 is 0 Å². The highest BCUT2D eigenvalue weighted by Gasteiger charge is 2.36. The molecule has 0 saturated heterocycles. The molecule has 3 rings (SSSR count). The van der Waals surface area contributed by atoms with Crippen LogP contribution in [0.3, 0.4) is 0 Å². The summed E-state index contributed by atoms with van der Waals surface area (Å²) in [5.74, 6) is 0. The van der Waals surface area contributed by atoms with Crippen molar-refractivity contribution in [3.05, 3.63) is 17.5 Å².